The van der Waals surface area contributed by atoms with E-state index in [2.05, 4.69) is 26.6 Å². The van der Waals surface area contributed by atoms with Crippen molar-refractivity contribution in [2.45, 2.75) is 19.5 Å². The fourth-order valence-corrected chi connectivity index (χ4v) is 2.02. The highest BCUT2D eigenvalue weighted by Gasteiger charge is 2.13. The fourth-order valence-electron chi connectivity index (χ4n) is 1.62. The maximum Gasteiger partial charge on any atom is 0.242 e. The predicted octanol–water partition coefficient (Wildman–Crippen LogP) is 3.16. The highest BCUT2D eigenvalue weighted by molar-refractivity contribution is 9.10. The lowest BCUT2D eigenvalue weighted by Crippen LogP contribution is -2.37. The number of benzene rings is 1. The minimum Gasteiger partial charge on any atom is -0.467 e. The van der Waals surface area contributed by atoms with Gasteiger partial charge in [-0.25, -0.2) is 0 Å². The minimum absolute atomic E-state index is 0.0767. The van der Waals surface area contributed by atoms with Crippen LogP contribution in [0, 0.1) is 0 Å². The second kappa shape index (κ2) is 6.43. The Hall–Kier alpha value is -1.75. The van der Waals surface area contributed by atoms with Crippen LogP contribution in [0.3, 0.4) is 0 Å². The third-order valence-electron chi connectivity index (χ3n) is 2.66. The lowest BCUT2D eigenvalue weighted by Gasteiger charge is -2.15. The molecule has 19 heavy (non-hydrogen) atoms. The van der Waals surface area contributed by atoms with Crippen LogP contribution in [0.2, 0.25) is 0 Å². The summed E-state index contributed by atoms with van der Waals surface area (Å²) in [4.78, 5) is 11.9. The van der Waals surface area contributed by atoms with Crippen molar-refractivity contribution < 1.29 is 9.21 Å². The van der Waals surface area contributed by atoms with E-state index in [1.807, 2.05) is 37.3 Å². The van der Waals surface area contributed by atoms with E-state index in [0.29, 0.717) is 6.54 Å². The summed E-state index contributed by atoms with van der Waals surface area (Å²) >= 11 is 3.44. The van der Waals surface area contributed by atoms with Gasteiger partial charge in [0.25, 0.3) is 0 Å². The third kappa shape index (κ3) is 3.86. The first kappa shape index (κ1) is 13.7. The SMILES string of the molecule is CC(Nc1ccccc1Br)C(=O)NCc1ccco1. The van der Waals surface area contributed by atoms with Crippen molar-refractivity contribution in [3.63, 3.8) is 0 Å². The highest BCUT2D eigenvalue weighted by Crippen LogP contribution is 2.21. The van der Waals surface area contributed by atoms with E-state index in [1.54, 1.807) is 12.3 Å². The lowest BCUT2D eigenvalue weighted by atomic mass is 10.2. The summed E-state index contributed by atoms with van der Waals surface area (Å²) in [5, 5.41) is 5.96. The molecule has 1 aromatic carbocycles. The molecule has 0 bridgehead atoms. The fraction of sp³-hybridized carbons (Fsp3) is 0.214. The van der Waals surface area contributed by atoms with Gasteiger partial charge in [-0.15, -0.1) is 0 Å². The van der Waals surface area contributed by atoms with Gasteiger partial charge in [0, 0.05) is 10.2 Å². The summed E-state index contributed by atoms with van der Waals surface area (Å²) in [6.45, 7) is 2.21. The van der Waals surface area contributed by atoms with Gasteiger partial charge in [0.05, 0.1) is 12.8 Å². The van der Waals surface area contributed by atoms with Crippen LogP contribution in [0.25, 0.3) is 0 Å². The van der Waals surface area contributed by atoms with Crippen molar-refractivity contribution in [1.29, 1.82) is 0 Å². The average Bonchev–Trinajstić information content (AvgIpc) is 2.91. The van der Waals surface area contributed by atoms with E-state index < -0.39 is 0 Å². The first-order chi connectivity index (χ1) is 9.16. The summed E-state index contributed by atoms with van der Waals surface area (Å²) in [5.74, 6) is 0.661. The van der Waals surface area contributed by atoms with Gasteiger partial charge < -0.3 is 15.1 Å². The molecule has 5 heteroatoms. The van der Waals surface area contributed by atoms with Crippen LogP contribution in [0.15, 0.2) is 51.6 Å². The number of carbonyl (C=O) groups excluding carboxylic acids is 1. The molecule has 0 aliphatic rings. The van der Waals surface area contributed by atoms with E-state index in [1.165, 1.54) is 0 Å². The Morgan fingerprint density at radius 1 is 1.32 bits per heavy atom. The number of anilines is 1. The Bertz CT molecular complexity index is 540. The molecule has 2 aromatic rings. The predicted molar refractivity (Wildman–Crippen MR) is 77.8 cm³/mol. The van der Waals surface area contributed by atoms with Crippen LogP contribution in [0.4, 0.5) is 5.69 Å². The molecule has 0 saturated carbocycles. The molecule has 4 nitrogen and oxygen atoms in total. The number of furan rings is 1. The van der Waals surface area contributed by atoms with Gasteiger partial charge in [-0.2, -0.15) is 0 Å². The molecular formula is C14H15BrN2O2. The van der Waals surface area contributed by atoms with Gasteiger partial charge in [-0.05, 0) is 47.1 Å². The molecule has 0 aliphatic carbocycles. The number of hydrogen-bond donors (Lipinski definition) is 2. The molecule has 0 saturated heterocycles. The van der Waals surface area contributed by atoms with E-state index in [-0.39, 0.29) is 11.9 Å². The van der Waals surface area contributed by atoms with Crippen LogP contribution < -0.4 is 10.6 Å². The Labute approximate surface area is 120 Å². The van der Waals surface area contributed by atoms with Crippen molar-refractivity contribution in [3.8, 4) is 0 Å². The monoisotopic (exact) mass is 322 g/mol. The Balaban J connectivity index is 1.87. The van der Waals surface area contributed by atoms with Gasteiger partial charge in [0.15, 0.2) is 0 Å². The van der Waals surface area contributed by atoms with Crippen molar-refractivity contribution in [2.24, 2.45) is 0 Å². The van der Waals surface area contributed by atoms with Crippen LogP contribution in [0.1, 0.15) is 12.7 Å². The molecule has 1 atom stereocenters. The van der Waals surface area contributed by atoms with Crippen molar-refractivity contribution in [3.05, 3.63) is 52.9 Å². The second-order valence-corrected chi connectivity index (χ2v) is 5.00. The maximum atomic E-state index is 11.9. The summed E-state index contributed by atoms with van der Waals surface area (Å²) in [5.41, 5.74) is 0.892. The van der Waals surface area contributed by atoms with Crippen molar-refractivity contribution in [1.82, 2.24) is 5.32 Å². The van der Waals surface area contributed by atoms with Crippen LogP contribution in [-0.4, -0.2) is 11.9 Å². The highest BCUT2D eigenvalue weighted by atomic mass is 79.9. The maximum absolute atomic E-state index is 11.9. The second-order valence-electron chi connectivity index (χ2n) is 4.14. The number of hydrogen-bond acceptors (Lipinski definition) is 3. The molecule has 1 amide bonds. The number of nitrogens with one attached hydrogen (secondary N) is 2. The zero-order chi connectivity index (χ0) is 13.7. The van der Waals surface area contributed by atoms with Gasteiger partial charge in [-0.3, -0.25) is 4.79 Å². The number of carbonyl (C=O) groups is 1. The van der Waals surface area contributed by atoms with Crippen LogP contribution in [0.5, 0.6) is 0 Å². The van der Waals surface area contributed by atoms with E-state index in [9.17, 15) is 4.79 Å². The molecule has 0 spiro atoms. The number of amides is 1. The van der Waals surface area contributed by atoms with E-state index in [4.69, 9.17) is 4.42 Å². The van der Waals surface area contributed by atoms with Gasteiger partial charge >= 0.3 is 0 Å². The molecule has 0 fully saturated rings. The third-order valence-corrected chi connectivity index (χ3v) is 3.35. The summed E-state index contributed by atoms with van der Waals surface area (Å²) in [7, 11) is 0. The van der Waals surface area contributed by atoms with Gasteiger partial charge in [0.2, 0.25) is 5.91 Å². The lowest BCUT2D eigenvalue weighted by molar-refractivity contribution is -0.121. The zero-order valence-corrected chi connectivity index (χ0v) is 12.1. The summed E-state index contributed by atoms with van der Waals surface area (Å²) in [6.07, 6.45) is 1.59. The number of halogens is 1. The minimum atomic E-state index is -0.325. The van der Waals surface area contributed by atoms with E-state index in [0.717, 1.165) is 15.9 Å². The van der Waals surface area contributed by atoms with Crippen molar-refractivity contribution >= 4 is 27.5 Å². The molecule has 0 aliphatic heterocycles. The molecule has 0 radical (unpaired) electrons. The Morgan fingerprint density at radius 2 is 2.11 bits per heavy atom. The normalized spacial score (nSPS) is 11.9. The summed E-state index contributed by atoms with van der Waals surface area (Å²) < 4.78 is 6.09. The number of rotatable bonds is 5. The first-order valence-corrected chi connectivity index (χ1v) is 6.77. The summed E-state index contributed by atoms with van der Waals surface area (Å²) in [6, 6.07) is 11.0. The topological polar surface area (TPSA) is 54.3 Å². The Morgan fingerprint density at radius 3 is 2.79 bits per heavy atom. The van der Waals surface area contributed by atoms with Crippen molar-refractivity contribution in [2.75, 3.05) is 5.32 Å². The molecule has 2 rings (SSSR count). The molecule has 1 unspecified atom stereocenters. The van der Waals surface area contributed by atoms with Crippen LogP contribution in [-0.2, 0) is 11.3 Å². The zero-order valence-electron chi connectivity index (χ0n) is 10.5. The standard InChI is InChI=1S/C14H15BrN2O2/c1-10(17-13-7-3-2-6-12(13)15)14(18)16-9-11-5-4-8-19-11/h2-8,10,17H,9H2,1H3,(H,16,18). The molecule has 1 aromatic heterocycles. The smallest absolute Gasteiger partial charge is 0.242 e. The number of para-hydroxylation sites is 1. The van der Waals surface area contributed by atoms with Gasteiger partial charge in [0.1, 0.15) is 11.8 Å². The molecule has 100 valence electrons. The molecule has 2 N–H and O–H groups in total. The van der Waals surface area contributed by atoms with Crippen LogP contribution >= 0.6 is 15.9 Å². The average molecular weight is 323 g/mol. The van der Waals surface area contributed by atoms with Gasteiger partial charge in [-0.1, -0.05) is 12.1 Å². The van der Waals surface area contributed by atoms with E-state index >= 15 is 0 Å². The largest absolute Gasteiger partial charge is 0.467 e. The molecular weight excluding hydrogens is 308 g/mol. The quantitative estimate of drug-likeness (QED) is 0.889. The molecule has 1 heterocycles. The Kier molecular flexibility index (Phi) is 4.63. The first-order valence-electron chi connectivity index (χ1n) is 5.98.